The fourth-order valence-corrected chi connectivity index (χ4v) is 13.7. The summed E-state index contributed by atoms with van der Waals surface area (Å²) in [5.74, 6) is 1.23. The molecule has 0 saturated carbocycles. The molecule has 0 bridgehead atoms. The molecule has 20 heteroatoms. The number of carbonyl (C=O) groups is 2. The van der Waals surface area contributed by atoms with Crippen LogP contribution in [0.5, 0.6) is 0 Å². The van der Waals surface area contributed by atoms with Gasteiger partial charge in [0.1, 0.15) is 17.3 Å². The number of hydrogen-bond donors (Lipinski definition) is 4. The third kappa shape index (κ3) is 10.6. The van der Waals surface area contributed by atoms with E-state index in [-0.39, 0.29) is 50.6 Å². The zero-order chi connectivity index (χ0) is 45.6. The summed E-state index contributed by atoms with van der Waals surface area (Å²) in [7, 11) is 0. The Bertz CT molecular complexity index is 2730. The molecule has 4 fully saturated rings. The van der Waals surface area contributed by atoms with Crippen molar-refractivity contribution >= 4 is 84.3 Å². The Morgan fingerprint density at radius 2 is 1.13 bits per heavy atom. The Balaban J connectivity index is 0.000000194. The molecule has 4 amide bonds. The second-order valence-electron chi connectivity index (χ2n) is 18.2. The van der Waals surface area contributed by atoms with E-state index >= 15 is 0 Å². The summed E-state index contributed by atoms with van der Waals surface area (Å²) in [6.45, 7) is 3.40. The van der Waals surface area contributed by atoms with Gasteiger partial charge in [0.25, 0.3) is 0 Å². The van der Waals surface area contributed by atoms with Crippen molar-refractivity contribution in [1.82, 2.24) is 39.0 Å². The molecule has 2 aromatic carbocycles. The van der Waals surface area contributed by atoms with Crippen LogP contribution in [-0.2, 0) is 0 Å². The number of rotatable bonds is 7. The number of aromatic nitrogens is 6. The second kappa shape index (κ2) is 20.6. The van der Waals surface area contributed by atoms with Gasteiger partial charge >= 0.3 is 178 Å². The number of nitrogens with one attached hydrogen (secondary N) is 2. The van der Waals surface area contributed by atoms with Crippen molar-refractivity contribution in [3.63, 3.8) is 0 Å². The van der Waals surface area contributed by atoms with Crippen molar-refractivity contribution in [3.8, 4) is 0 Å². The van der Waals surface area contributed by atoms with Gasteiger partial charge in [-0.25, -0.2) is 18.7 Å². The number of amides is 4. The van der Waals surface area contributed by atoms with Gasteiger partial charge in [-0.05, 0) is 65.4 Å². The number of likely N-dealkylation sites (tertiary alicyclic amines) is 2. The van der Waals surface area contributed by atoms with Crippen LogP contribution in [0.2, 0.25) is 14.8 Å². The number of aliphatic hydroxyl groups is 2. The number of β-amino-alcohol motifs (C(OH)–C–C–N with tert-alkyl or cyclic N) is 2. The molecule has 0 aliphatic carbocycles. The molecule has 358 valence electrons. The standard InChI is InChI=1S/C21H22BrFN6O2.C21H22FN6O2.2CH4.3CH3.Sn/c22-15-10-13(3-4-16(15)23)18-2-1-7-28(18)19-6-9-29-20(26-19)17(11-24-29)25-21(31)27-8-5-14(30)12-27;22-15-5-3-14(4-6-15)18-2-1-9-27(18)19-8-11-28-20(25-19)17(12-23-28)24-21(30)26-10-7-16(29)13-26;;;;;;/h3-4,6,9-11,14,18,30H,1-2,5,7-8,12H2,(H,25,31);3-5,8,11-12,16,18,29H,1-2,7,9-10,13H2,(H,24,30);2*1H4;3*1H3;/t14-,18+;16-,18+;;;;;;/m00....../s1. The summed E-state index contributed by atoms with van der Waals surface area (Å²) < 4.78 is 32.9. The molecule has 0 radical (unpaired) electrons. The van der Waals surface area contributed by atoms with E-state index in [1.807, 2.05) is 42.7 Å². The molecule has 0 spiro atoms. The van der Waals surface area contributed by atoms with Gasteiger partial charge in [0, 0.05) is 38.9 Å². The van der Waals surface area contributed by atoms with Crippen molar-refractivity contribution in [1.29, 1.82) is 0 Å². The quantitative estimate of drug-likeness (QED) is 0.114. The number of urea groups is 2. The van der Waals surface area contributed by atoms with Crippen molar-refractivity contribution in [3.05, 3.63) is 101 Å². The molecule has 67 heavy (non-hydrogen) atoms. The number of carbonyl (C=O) groups excluding carboxylic acids is 2. The van der Waals surface area contributed by atoms with Crippen molar-refractivity contribution in [2.45, 2.75) is 92.5 Å². The predicted molar refractivity (Wildman–Crippen MR) is 264 cm³/mol. The number of hydrogen-bond acceptors (Lipinski definition) is 10. The molecular formula is C47H61BrF2N12O4Sn. The van der Waals surface area contributed by atoms with E-state index in [0.717, 1.165) is 65.1 Å². The Kier molecular flexibility index (Phi) is 15.3. The first kappa shape index (κ1) is 49.8. The molecule has 4 aromatic heterocycles. The monoisotopic (exact) mass is 1090 g/mol. The molecule has 4 N–H and O–H groups in total. The zero-order valence-electron chi connectivity index (χ0n) is 36.5. The topological polar surface area (TPSA) is 172 Å². The third-order valence-corrected chi connectivity index (χ3v) is 19.0. The van der Waals surface area contributed by atoms with Gasteiger partial charge in [-0.15, -0.1) is 0 Å². The summed E-state index contributed by atoms with van der Waals surface area (Å²) in [5.41, 5.74) is 4.35. The fourth-order valence-electron chi connectivity index (χ4n) is 9.28. The molecule has 4 aliphatic heterocycles. The number of benzene rings is 2. The Morgan fingerprint density at radius 1 is 0.672 bits per heavy atom. The fraction of sp³-hybridized carbons (Fsp3) is 0.447. The van der Waals surface area contributed by atoms with Gasteiger partial charge in [0.15, 0.2) is 5.65 Å². The van der Waals surface area contributed by atoms with Crippen molar-refractivity contribution < 1.29 is 28.6 Å². The van der Waals surface area contributed by atoms with Crippen LogP contribution < -0.4 is 24.0 Å². The van der Waals surface area contributed by atoms with Gasteiger partial charge in [-0.3, -0.25) is 0 Å². The number of fused-ring (bicyclic) bond motifs is 2. The van der Waals surface area contributed by atoms with Gasteiger partial charge < -0.3 is 25.3 Å². The first-order valence-corrected chi connectivity index (χ1v) is 32.9. The third-order valence-electron chi connectivity index (χ3n) is 12.7. The number of halogens is 3. The predicted octanol–water partition coefficient (Wildman–Crippen LogP) is 8.20. The van der Waals surface area contributed by atoms with E-state index in [4.69, 9.17) is 9.97 Å². The summed E-state index contributed by atoms with van der Waals surface area (Å²) >= 11 is 0.690. The Labute approximate surface area is 402 Å². The molecule has 4 aliphatic rings. The molecule has 0 unspecified atom stereocenters. The van der Waals surface area contributed by atoms with Gasteiger partial charge in [0.2, 0.25) is 0 Å². The summed E-state index contributed by atoms with van der Waals surface area (Å²) in [6.07, 6.45) is 11.0. The van der Waals surface area contributed by atoms with E-state index in [1.165, 1.54) is 6.07 Å². The number of nitrogens with zero attached hydrogens (tertiary/aromatic N) is 10. The van der Waals surface area contributed by atoms with Gasteiger partial charge in [-0.2, -0.15) is 5.10 Å². The molecule has 8 heterocycles. The Hall–Kier alpha value is -5.12. The average Bonchev–Trinajstić information content (AvgIpc) is 4.15. The Morgan fingerprint density at radius 3 is 1.57 bits per heavy atom. The van der Waals surface area contributed by atoms with E-state index in [1.54, 1.807) is 37.3 Å². The van der Waals surface area contributed by atoms with E-state index < -0.39 is 30.6 Å². The molecule has 10 rings (SSSR count). The van der Waals surface area contributed by atoms with Crippen LogP contribution in [0.25, 0.3) is 11.3 Å². The van der Waals surface area contributed by atoms with Crippen LogP contribution in [0.15, 0.2) is 77.8 Å². The van der Waals surface area contributed by atoms with Crippen LogP contribution in [0.4, 0.5) is 41.4 Å². The normalized spacial score (nSPS) is 20.5. The van der Waals surface area contributed by atoms with E-state index in [9.17, 15) is 28.6 Å². The van der Waals surface area contributed by atoms with Crippen molar-refractivity contribution in [2.24, 2.45) is 0 Å². The maximum atomic E-state index is 14.6. The SMILES string of the molecule is C.C.O=C(Nc1cnn2ccc(N3CCC[C@@H]3c3ccc(F)c(Br)c3)nc12)N1CC[C@H](O)C1.[CH3][Sn]([CH3])([CH3])[c]1cc([C@H]2CCCN2c2ccn3ncc(NC(=O)N4CC[C@H](O)C4)c3n2)ccc1F. The number of aliphatic hydroxyl groups excluding tert-OH is 2. The molecule has 4 atom stereocenters. The van der Waals surface area contributed by atoms with E-state index in [2.05, 4.69) is 67.4 Å². The molecule has 4 saturated heterocycles. The van der Waals surface area contributed by atoms with Crippen LogP contribution in [0.3, 0.4) is 0 Å². The number of anilines is 4. The van der Waals surface area contributed by atoms with Gasteiger partial charge in [0.05, 0.1) is 28.9 Å². The van der Waals surface area contributed by atoms with Crippen LogP contribution in [0, 0.1) is 11.6 Å². The maximum absolute atomic E-state index is 14.6. The molecular weight excluding hydrogens is 1030 g/mol. The average molecular weight is 1090 g/mol. The summed E-state index contributed by atoms with van der Waals surface area (Å²) in [6, 6.07) is 14.3. The van der Waals surface area contributed by atoms with Gasteiger partial charge in [-0.1, -0.05) is 20.9 Å². The van der Waals surface area contributed by atoms with Crippen LogP contribution >= 0.6 is 15.9 Å². The van der Waals surface area contributed by atoms with Crippen molar-refractivity contribution in [2.75, 3.05) is 59.7 Å². The summed E-state index contributed by atoms with van der Waals surface area (Å²) in [5, 5.41) is 33.8. The minimum absolute atomic E-state index is 0. The van der Waals surface area contributed by atoms with Crippen LogP contribution in [0.1, 0.15) is 76.6 Å². The molecule has 16 nitrogen and oxygen atoms in total. The second-order valence-corrected chi connectivity index (χ2v) is 33.5. The molecule has 6 aromatic rings. The summed E-state index contributed by atoms with van der Waals surface area (Å²) in [4.78, 5) is 49.2. The van der Waals surface area contributed by atoms with E-state index in [0.29, 0.717) is 66.2 Å². The minimum atomic E-state index is -2.59. The zero-order valence-corrected chi connectivity index (χ0v) is 41.0. The first-order valence-electron chi connectivity index (χ1n) is 22.1. The first-order chi connectivity index (χ1) is 31.2. The van der Waals surface area contributed by atoms with Crippen LogP contribution in [-0.4, -0.2) is 131 Å².